The molecular formula is C15H16N2O3S. The van der Waals surface area contributed by atoms with E-state index in [1.165, 1.54) is 11.8 Å². The molecule has 0 amide bonds. The van der Waals surface area contributed by atoms with Gasteiger partial charge < -0.3 is 10.5 Å². The molecule has 0 aliphatic carbocycles. The van der Waals surface area contributed by atoms with Gasteiger partial charge in [-0.1, -0.05) is 30.3 Å². The predicted molar refractivity (Wildman–Crippen MR) is 84.3 cm³/mol. The van der Waals surface area contributed by atoms with Gasteiger partial charge in [-0.15, -0.1) is 11.8 Å². The maximum atomic E-state index is 11.0. The van der Waals surface area contributed by atoms with Gasteiger partial charge in [0.05, 0.1) is 7.11 Å². The number of rotatable bonds is 6. The number of ether oxygens (including phenoxy) is 1. The Morgan fingerprint density at radius 2 is 1.90 bits per heavy atom. The zero-order chi connectivity index (χ0) is 15.2. The molecule has 0 heterocycles. The van der Waals surface area contributed by atoms with Crippen molar-refractivity contribution in [1.82, 2.24) is 0 Å². The summed E-state index contributed by atoms with van der Waals surface area (Å²) in [6.45, 7) is -0.195. The van der Waals surface area contributed by atoms with Crippen molar-refractivity contribution in [2.45, 2.75) is 10.1 Å². The number of hydrogen-bond donors (Lipinski definition) is 1. The van der Waals surface area contributed by atoms with Crippen LogP contribution >= 0.6 is 11.8 Å². The molecule has 2 N–H and O–H groups in total. The van der Waals surface area contributed by atoms with Gasteiger partial charge in [0.2, 0.25) is 6.54 Å². The summed E-state index contributed by atoms with van der Waals surface area (Å²) in [5.41, 5.74) is 7.34. The van der Waals surface area contributed by atoms with E-state index in [9.17, 15) is 10.1 Å². The molecule has 5 nitrogen and oxygen atoms in total. The van der Waals surface area contributed by atoms with Crippen molar-refractivity contribution in [3.8, 4) is 5.75 Å². The molecule has 21 heavy (non-hydrogen) atoms. The smallest absolute Gasteiger partial charge is 0.220 e. The van der Waals surface area contributed by atoms with Crippen LogP contribution in [0.2, 0.25) is 0 Å². The van der Waals surface area contributed by atoms with Gasteiger partial charge >= 0.3 is 0 Å². The molecule has 0 unspecified atom stereocenters. The van der Waals surface area contributed by atoms with Crippen LogP contribution in [0.15, 0.2) is 53.4 Å². The standard InChI is InChI=1S/C15H16N2O3S/c1-20-13-8-4-2-6-11(13)15(10-17(18)19)21-14-9-5-3-7-12(14)16/h2-9,15H,10,16H2,1H3/t15-/m1/s1. The highest BCUT2D eigenvalue weighted by Gasteiger charge is 2.23. The second kappa shape index (κ2) is 6.99. The molecule has 0 aliphatic heterocycles. The minimum Gasteiger partial charge on any atom is -0.496 e. The lowest BCUT2D eigenvalue weighted by Crippen LogP contribution is -2.11. The number of methoxy groups -OCH3 is 1. The number of benzene rings is 2. The molecule has 0 saturated heterocycles. The largest absolute Gasteiger partial charge is 0.496 e. The molecule has 0 radical (unpaired) electrons. The lowest BCUT2D eigenvalue weighted by atomic mass is 10.1. The molecule has 0 saturated carbocycles. The van der Waals surface area contributed by atoms with Crippen molar-refractivity contribution < 1.29 is 9.66 Å². The van der Waals surface area contributed by atoms with Crippen LogP contribution in [-0.2, 0) is 0 Å². The fourth-order valence-corrected chi connectivity index (χ4v) is 3.19. The highest BCUT2D eigenvalue weighted by Crippen LogP contribution is 2.41. The van der Waals surface area contributed by atoms with Crippen LogP contribution in [0.4, 0.5) is 5.69 Å². The Balaban J connectivity index is 2.34. The molecule has 2 aromatic rings. The molecular weight excluding hydrogens is 288 g/mol. The fraction of sp³-hybridized carbons (Fsp3) is 0.200. The van der Waals surface area contributed by atoms with E-state index in [1.54, 1.807) is 19.2 Å². The van der Waals surface area contributed by atoms with Gasteiger partial charge in [0.15, 0.2) is 0 Å². The summed E-state index contributed by atoms with van der Waals surface area (Å²) in [7, 11) is 1.56. The van der Waals surface area contributed by atoms with Gasteiger partial charge in [-0.3, -0.25) is 10.1 Å². The van der Waals surface area contributed by atoms with Gasteiger partial charge in [0.1, 0.15) is 11.0 Å². The van der Waals surface area contributed by atoms with Gasteiger partial charge in [-0.2, -0.15) is 0 Å². The summed E-state index contributed by atoms with van der Waals surface area (Å²) >= 11 is 1.38. The van der Waals surface area contributed by atoms with Crippen LogP contribution in [0, 0.1) is 10.1 Å². The lowest BCUT2D eigenvalue weighted by Gasteiger charge is -2.17. The Morgan fingerprint density at radius 3 is 2.57 bits per heavy atom. The highest BCUT2D eigenvalue weighted by atomic mass is 32.2. The van der Waals surface area contributed by atoms with E-state index in [0.29, 0.717) is 11.4 Å². The molecule has 2 rings (SSSR count). The number of anilines is 1. The van der Waals surface area contributed by atoms with E-state index in [2.05, 4.69) is 0 Å². The van der Waals surface area contributed by atoms with Crippen molar-refractivity contribution in [1.29, 1.82) is 0 Å². The van der Waals surface area contributed by atoms with Crippen LogP contribution in [-0.4, -0.2) is 18.6 Å². The Labute approximate surface area is 127 Å². The Bertz CT molecular complexity index is 634. The second-order valence-corrected chi connectivity index (χ2v) is 5.65. The molecule has 0 fully saturated rings. The van der Waals surface area contributed by atoms with Gasteiger partial charge in [-0.05, 0) is 18.2 Å². The van der Waals surface area contributed by atoms with Crippen molar-refractivity contribution in [3.05, 3.63) is 64.2 Å². The molecule has 110 valence electrons. The van der Waals surface area contributed by atoms with Crippen molar-refractivity contribution >= 4 is 17.4 Å². The van der Waals surface area contributed by atoms with E-state index in [1.807, 2.05) is 36.4 Å². The number of para-hydroxylation sites is 2. The fourth-order valence-electron chi connectivity index (χ4n) is 2.01. The number of nitro groups is 1. The number of nitrogen functional groups attached to an aromatic ring is 1. The first kappa shape index (κ1) is 15.2. The summed E-state index contributed by atoms with van der Waals surface area (Å²) < 4.78 is 5.31. The third-order valence-corrected chi connectivity index (χ3v) is 4.30. The van der Waals surface area contributed by atoms with Crippen LogP contribution < -0.4 is 10.5 Å². The summed E-state index contributed by atoms with van der Waals surface area (Å²) in [6, 6.07) is 14.7. The Morgan fingerprint density at radius 1 is 1.24 bits per heavy atom. The maximum absolute atomic E-state index is 11.0. The lowest BCUT2D eigenvalue weighted by molar-refractivity contribution is -0.479. The Kier molecular flexibility index (Phi) is 5.05. The molecule has 6 heteroatoms. The molecule has 2 aromatic carbocycles. The summed E-state index contributed by atoms with van der Waals surface area (Å²) in [5, 5.41) is 10.6. The zero-order valence-corrected chi connectivity index (χ0v) is 12.4. The molecule has 0 spiro atoms. The van der Waals surface area contributed by atoms with E-state index in [-0.39, 0.29) is 16.7 Å². The molecule has 0 bridgehead atoms. The highest BCUT2D eigenvalue weighted by molar-refractivity contribution is 7.99. The topological polar surface area (TPSA) is 78.4 Å². The van der Waals surface area contributed by atoms with E-state index in [0.717, 1.165) is 10.5 Å². The summed E-state index contributed by atoms with van der Waals surface area (Å²) in [6.07, 6.45) is 0. The van der Waals surface area contributed by atoms with E-state index in [4.69, 9.17) is 10.5 Å². The van der Waals surface area contributed by atoms with Gasteiger partial charge in [0.25, 0.3) is 0 Å². The predicted octanol–water partition coefficient (Wildman–Crippen LogP) is 3.39. The average molecular weight is 304 g/mol. The summed E-state index contributed by atoms with van der Waals surface area (Å²) in [5.74, 6) is 0.645. The number of nitrogens with two attached hydrogens (primary N) is 1. The van der Waals surface area contributed by atoms with Crippen molar-refractivity contribution in [2.75, 3.05) is 19.4 Å². The van der Waals surface area contributed by atoms with Gasteiger partial charge in [0, 0.05) is 21.1 Å². The second-order valence-electron chi connectivity index (χ2n) is 4.40. The van der Waals surface area contributed by atoms with Gasteiger partial charge in [-0.25, -0.2) is 0 Å². The SMILES string of the molecule is COc1ccccc1[C@@H](C[N+](=O)[O-])Sc1ccccc1N. The van der Waals surface area contributed by atoms with Crippen molar-refractivity contribution in [3.63, 3.8) is 0 Å². The third-order valence-electron chi connectivity index (χ3n) is 2.99. The average Bonchev–Trinajstić information content (AvgIpc) is 2.48. The van der Waals surface area contributed by atoms with Crippen LogP contribution in [0.3, 0.4) is 0 Å². The number of thioether (sulfide) groups is 1. The number of hydrogen-bond acceptors (Lipinski definition) is 5. The number of nitrogens with zero attached hydrogens (tertiary/aromatic N) is 1. The van der Waals surface area contributed by atoms with Crippen LogP contribution in [0.5, 0.6) is 5.75 Å². The normalized spacial score (nSPS) is 11.9. The van der Waals surface area contributed by atoms with E-state index >= 15 is 0 Å². The monoisotopic (exact) mass is 304 g/mol. The minimum absolute atomic E-state index is 0.195. The first-order valence-electron chi connectivity index (χ1n) is 6.37. The zero-order valence-electron chi connectivity index (χ0n) is 11.6. The molecule has 1 atom stereocenters. The Hall–Kier alpha value is -2.21. The van der Waals surface area contributed by atoms with Crippen LogP contribution in [0.25, 0.3) is 0 Å². The van der Waals surface area contributed by atoms with Crippen molar-refractivity contribution in [2.24, 2.45) is 0 Å². The summed E-state index contributed by atoms with van der Waals surface area (Å²) in [4.78, 5) is 11.5. The molecule has 0 aromatic heterocycles. The third kappa shape index (κ3) is 3.88. The quantitative estimate of drug-likeness (QED) is 0.383. The van der Waals surface area contributed by atoms with Crippen LogP contribution in [0.1, 0.15) is 10.8 Å². The first-order chi connectivity index (χ1) is 10.1. The minimum atomic E-state index is -0.360. The first-order valence-corrected chi connectivity index (χ1v) is 7.25. The van der Waals surface area contributed by atoms with E-state index < -0.39 is 0 Å². The molecule has 0 aliphatic rings. The maximum Gasteiger partial charge on any atom is 0.220 e.